The molecule has 6 aromatic rings. The van der Waals surface area contributed by atoms with Crippen LogP contribution in [0.5, 0.6) is 0 Å². The first-order valence-electron chi connectivity index (χ1n) is 15.1. The monoisotopic (exact) mass is 583 g/mol. The summed E-state index contributed by atoms with van der Waals surface area (Å²) < 4.78 is 2.06. The van der Waals surface area contributed by atoms with Gasteiger partial charge in [-0.15, -0.1) is 0 Å². The van der Waals surface area contributed by atoms with Crippen LogP contribution in [0.25, 0.3) is 39.5 Å². The summed E-state index contributed by atoms with van der Waals surface area (Å²) in [4.78, 5) is 40.5. The summed E-state index contributed by atoms with van der Waals surface area (Å²) in [6.07, 6.45) is 4.12. The van der Waals surface area contributed by atoms with E-state index in [1.807, 2.05) is 49.4 Å². The first-order chi connectivity index (χ1) is 21.5. The number of likely N-dealkylation sites (tertiary alicyclic amines) is 1. The highest BCUT2D eigenvalue weighted by atomic mass is 16.2. The molecule has 4 heterocycles. The number of nitrogens with one attached hydrogen (secondary N) is 1. The van der Waals surface area contributed by atoms with Crippen molar-refractivity contribution >= 4 is 22.7 Å². The molecule has 0 radical (unpaired) electrons. The van der Waals surface area contributed by atoms with Gasteiger partial charge >= 0.3 is 0 Å². The summed E-state index contributed by atoms with van der Waals surface area (Å²) in [5, 5.41) is 3.35. The van der Waals surface area contributed by atoms with E-state index in [0.717, 1.165) is 66.1 Å². The van der Waals surface area contributed by atoms with Crippen molar-refractivity contribution in [3.05, 3.63) is 117 Å². The number of anilines is 2. The van der Waals surface area contributed by atoms with Gasteiger partial charge in [-0.05, 0) is 61.2 Å². The molecular formula is C35H33N7O2. The topological polar surface area (TPSA) is 119 Å². The number of fused-ring (bicyclic) bond motifs is 1. The number of nitrogen functional groups attached to an aromatic ring is 1. The zero-order chi connectivity index (χ0) is 30.2. The lowest BCUT2D eigenvalue weighted by atomic mass is 10.00. The summed E-state index contributed by atoms with van der Waals surface area (Å²) in [7, 11) is 0. The highest BCUT2D eigenvalue weighted by Gasteiger charge is 2.25. The van der Waals surface area contributed by atoms with Gasteiger partial charge in [-0.25, -0.2) is 15.0 Å². The second kappa shape index (κ2) is 11.5. The smallest absolute Gasteiger partial charge is 0.249 e. The van der Waals surface area contributed by atoms with Crippen molar-refractivity contribution in [2.75, 3.05) is 24.1 Å². The van der Waals surface area contributed by atoms with E-state index in [4.69, 9.17) is 15.7 Å². The standard InChI is InChI=1S/C35H33N7O2/c1-2-26-30(32(44)31(26)43)38-24-16-19-41(20-17-24)21-22-10-12-25(13-11-22)42-34(27-9-6-18-37-33(27)36)40-29-15-14-28(39-35(29)42)23-7-4-3-5-8-23/h3-15,18,24,38H,2,16-17,19-21H2,1H3,(H2,36,37). The van der Waals surface area contributed by atoms with Crippen LogP contribution in [0.2, 0.25) is 0 Å². The van der Waals surface area contributed by atoms with Crippen LogP contribution in [0.1, 0.15) is 30.9 Å². The Bertz CT molecular complexity index is 2020. The largest absolute Gasteiger partial charge is 0.383 e. The average Bonchev–Trinajstić information content (AvgIpc) is 3.44. The third-order valence-corrected chi connectivity index (χ3v) is 8.55. The van der Waals surface area contributed by atoms with E-state index in [0.29, 0.717) is 29.3 Å². The van der Waals surface area contributed by atoms with Gasteiger partial charge in [-0.2, -0.15) is 0 Å². The van der Waals surface area contributed by atoms with E-state index in [-0.39, 0.29) is 16.9 Å². The predicted octanol–water partition coefficient (Wildman–Crippen LogP) is 4.97. The molecule has 3 aromatic carbocycles. The van der Waals surface area contributed by atoms with Gasteiger partial charge in [0.15, 0.2) is 11.5 Å². The summed E-state index contributed by atoms with van der Waals surface area (Å²) in [5.74, 6) is 1.11. The fraction of sp³-hybridized carbons (Fsp3) is 0.229. The molecule has 0 aliphatic carbocycles. The third kappa shape index (κ3) is 5.05. The molecule has 3 N–H and O–H groups in total. The first kappa shape index (κ1) is 27.7. The number of pyridine rings is 2. The van der Waals surface area contributed by atoms with Gasteiger partial charge in [-0.3, -0.25) is 19.1 Å². The molecule has 0 bridgehead atoms. The normalized spacial score (nSPS) is 14.4. The van der Waals surface area contributed by atoms with Crippen molar-refractivity contribution < 1.29 is 0 Å². The number of benzene rings is 2. The first-order valence-corrected chi connectivity index (χ1v) is 15.1. The van der Waals surface area contributed by atoms with Crippen LogP contribution in [-0.4, -0.2) is 43.6 Å². The summed E-state index contributed by atoms with van der Waals surface area (Å²) >= 11 is 0. The zero-order valence-corrected chi connectivity index (χ0v) is 24.5. The second-order valence-electron chi connectivity index (χ2n) is 11.3. The SMILES string of the molecule is CCc1c(NC2CCN(Cc3ccc(-n4c(-c5cccnc5N)nc5ccc(-c6ccccc6)nc54)cc3)CC2)c(=O)c1=O. The van der Waals surface area contributed by atoms with Crippen molar-refractivity contribution in [3.63, 3.8) is 0 Å². The number of imidazole rings is 1. The van der Waals surface area contributed by atoms with Gasteiger partial charge in [0.25, 0.3) is 0 Å². The van der Waals surface area contributed by atoms with Crippen LogP contribution in [0.4, 0.5) is 11.5 Å². The molecule has 0 saturated carbocycles. The van der Waals surface area contributed by atoms with E-state index in [9.17, 15) is 9.59 Å². The minimum Gasteiger partial charge on any atom is -0.383 e. The van der Waals surface area contributed by atoms with Crippen molar-refractivity contribution in [1.29, 1.82) is 0 Å². The maximum absolute atomic E-state index is 12.0. The van der Waals surface area contributed by atoms with Crippen molar-refractivity contribution in [3.8, 4) is 28.3 Å². The average molecular weight is 584 g/mol. The Morgan fingerprint density at radius 1 is 0.886 bits per heavy atom. The quantitative estimate of drug-likeness (QED) is 0.241. The predicted molar refractivity (Wildman–Crippen MR) is 175 cm³/mol. The maximum Gasteiger partial charge on any atom is 0.249 e. The lowest BCUT2D eigenvalue weighted by Gasteiger charge is -2.33. The molecule has 1 fully saturated rings. The third-order valence-electron chi connectivity index (χ3n) is 8.55. The van der Waals surface area contributed by atoms with Crippen molar-refractivity contribution in [1.82, 2.24) is 24.4 Å². The number of hydrogen-bond acceptors (Lipinski definition) is 8. The summed E-state index contributed by atoms with van der Waals surface area (Å²) in [6.45, 7) is 4.58. The Balaban J connectivity index is 1.13. The molecule has 3 aromatic heterocycles. The van der Waals surface area contributed by atoms with Crippen LogP contribution < -0.4 is 21.9 Å². The molecule has 44 heavy (non-hydrogen) atoms. The van der Waals surface area contributed by atoms with Gasteiger partial charge in [0.2, 0.25) is 10.9 Å². The lowest BCUT2D eigenvalue weighted by Crippen LogP contribution is -2.44. The van der Waals surface area contributed by atoms with E-state index < -0.39 is 0 Å². The molecule has 1 aliphatic rings. The van der Waals surface area contributed by atoms with Crippen molar-refractivity contribution in [2.45, 2.75) is 38.8 Å². The number of nitrogens with two attached hydrogens (primary N) is 1. The second-order valence-corrected chi connectivity index (χ2v) is 11.3. The number of rotatable bonds is 8. The lowest BCUT2D eigenvalue weighted by molar-refractivity contribution is 0.211. The number of aromatic nitrogens is 4. The van der Waals surface area contributed by atoms with E-state index in [1.165, 1.54) is 5.56 Å². The van der Waals surface area contributed by atoms with Gasteiger partial charge < -0.3 is 11.1 Å². The molecule has 1 saturated heterocycles. The fourth-order valence-electron chi connectivity index (χ4n) is 6.14. The number of piperidine rings is 1. The highest BCUT2D eigenvalue weighted by Crippen LogP contribution is 2.32. The molecule has 0 atom stereocenters. The Morgan fingerprint density at radius 2 is 1.66 bits per heavy atom. The minimum atomic E-state index is -0.365. The Morgan fingerprint density at radius 3 is 2.39 bits per heavy atom. The van der Waals surface area contributed by atoms with E-state index in [2.05, 4.69) is 56.2 Å². The van der Waals surface area contributed by atoms with Crippen LogP contribution in [0.15, 0.2) is 94.6 Å². The van der Waals surface area contributed by atoms with Gasteiger partial charge in [0.05, 0.1) is 16.9 Å². The van der Waals surface area contributed by atoms with Gasteiger partial charge in [0.1, 0.15) is 11.3 Å². The van der Waals surface area contributed by atoms with Crippen molar-refractivity contribution in [2.24, 2.45) is 0 Å². The van der Waals surface area contributed by atoms with E-state index in [1.54, 1.807) is 6.20 Å². The van der Waals surface area contributed by atoms with Gasteiger partial charge in [-0.1, -0.05) is 49.4 Å². The number of nitrogens with zero attached hydrogens (tertiary/aromatic N) is 5. The number of hydrogen-bond donors (Lipinski definition) is 2. The Hall–Kier alpha value is -5.15. The zero-order valence-electron chi connectivity index (χ0n) is 24.5. The summed E-state index contributed by atoms with van der Waals surface area (Å²) in [5.41, 5.74) is 13.1. The fourth-order valence-corrected chi connectivity index (χ4v) is 6.14. The molecule has 0 spiro atoms. The maximum atomic E-state index is 12.0. The molecule has 7 rings (SSSR count). The molecular weight excluding hydrogens is 550 g/mol. The molecule has 0 unspecified atom stereocenters. The molecule has 220 valence electrons. The Labute approximate surface area is 254 Å². The van der Waals surface area contributed by atoms with Crippen LogP contribution in [0, 0.1) is 0 Å². The molecule has 9 heteroatoms. The molecule has 1 aliphatic heterocycles. The molecule has 9 nitrogen and oxygen atoms in total. The van der Waals surface area contributed by atoms with Crippen LogP contribution in [-0.2, 0) is 13.0 Å². The minimum absolute atomic E-state index is 0.211. The van der Waals surface area contributed by atoms with E-state index >= 15 is 0 Å². The van der Waals surface area contributed by atoms with Gasteiger partial charge in [0, 0.05) is 48.7 Å². The molecule has 0 amide bonds. The highest BCUT2D eigenvalue weighted by molar-refractivity contribution is 5.84. The van der Waals surface area contributed by atoms with Crippen LogP contribution >= 0.6 is 0 Å². The van der Waals surface area contributed by atoms with Crippen LogP contribution in [0.3, 0.4) is 0 Å². The summed E-state index contributed by atoms with van der Waals surface area (Å²) in [6, 6.07) is 26.6. The Kier molecular flexibility index (Phi) is 7.23.